The number of benzene rings is 5. The molecule has 458 valence electrons. The number of phenolic OH excluding ortho intramolecular Hbond substituents is 2. The first-order valence-corrected chi connectivity index (χ1v) is 28.0. The normalized spacial score (nSPS) is 21.0. The van der Waals surface area contributed by atoms with Crippen molar-refractivity contribution in [2.45, 2.75) is 133 Å². The van der Waals surface area contributed by atoms with Gasteiger partial charge in [-0.15, -0.1) is 0 Å². The van der Waals surface area contributed by atoms with Gasteiger partial charge in [0.25, 0.3) is 0 Å². The summed E-state index contributed by atoms with van der Waals surface area (Å²) in [7, 11) is 1.29. The Morgan fingerprint density at radius 1 is 0.791 bits per heavy atom. The third-order valence-electron chi connectivity index (χ3n) is 15.2. The van der Waals surface area contributed by atoms with Crippen LogP contribution in [-0.2, 0) is 59.4 Å². The van der Waals surface area contributed by atoms with E-state index in [9.17, 15) is 64.2 Å². The first-order chi connectivity index (χ1) is 41.1. The van der Waals surface area contributed by atoms with Gasteiger partial charge in [-0.1, -0.05) is 66.7 Å². The number of alkyl carbamates (subject to hydrolysis) is 1. The number of nitrogens with two attached hydrogens (primary N) is 2. The number of rotatable bonds is 24. The first-order valence-electron chi connectivity index (χ1n) is 28.0. The molecule has 0 radical (unpaired) electrons. The minimum atomic E-state index is -2.41. The van der Waals surface area contributed by atoms with Gasteiger partial charge in [0.05, 0.1) is 48.1 Å². The number of aliphatic hydroxyl groups excluding tert-OH is 3. The zero-order valence-electron chi connectivity index (χ0n) is 47.4. The van der Waals surface area contributed by atoms with Gasteiger partial charge >= 0.3 is 12.2 Å². The number of hydrogen-bond acceptors (Lipinski definition) is 21. The van der Waals surface area contributed by atoms with Gasteiger partial charge in [-0.2, -0.15) is 0 Å². The second kappa shape index (κ2) is 28.2. The van der Waals surface area contributed by atoms with Crippen molar-refractivity contribution >= 4 is 52.7 Å². The van der Waals surface area contributed by atoms with E-state index in [1.165, 1.54) is 38.3 Å². The summed E-state index contributed by atoms with van der Waals surface area (Å²) in [5.74, 6) is -5.31. The Labute approximate surface area is 494 Å². The van der Waals surface area contributed by atoms with Crippen LogP contribution in [0.25, 0.3) is 0 Å². The fraction of sp³-hybridized carbons (Fsp3) is 0.393. The number of ether oxygens (including phenoxy) is 5. The van der Waals surface area contributed by atoms with E-state index in [4.69, 9.17) is 35.2 Å². The molecule has 2 aliphatic carbocycles. The zero-order valence-corrected chi connectivity index (χ0v) is 47.4. The van der Waals surface area contributed by atoms with Crippen molar-refractivity contribution in [1.82, 2.24) is 16.0 Å². The Morgan fingerprint density at radius 3 is 2.17 bits per heavy atom. The van der Waals surface area contributed by atoms with Crippen molar-refractivity contribution < 1.29 is 87.9 Å². The number of hydrogen-bond donors (Lipinski definition) is 13. The van der Waals surface area contributed by atoms with Crippen LogP contribution in [0, 0.1) is 0 Å². The Balaban J connectivity index is 0.846. The predicted molar refractivity (Wildman–Crippen MR) is 308 cm³/mol. The van der Waals surface area contributed by atoms with E-state index >= 15 is 0 Å². The second-order valence-electron chi connectivity index (χ2n) is 21.5. The molecular weight excluding hydrogens is 1120 g/mol. The standard InChI is InChI=1S/C61H71N7O18/c1-31(63)56(76)67-42(24-33-11-5-4-6-12-33)58(78)66-40(16-7-8-22-62)57(77)64-36-20-18-34(19-21-36)29-83-59(79)65-37-14-9-13-35(23-37)30-84-60(80)68-41-25-46(85-32(2)51(41)71)86-44-27-61(81,45(70)28-69)26-39-48(44)55(75)50-49(53(39)73)52(72)38-15-10-17-43(82-3)47(38)54(50)74/h4-6,9-15,17-21,23,31-32,40-42,44,46,51,56,67,69,71,73,75-76,81H,7-8,16,22,24-30,62-63H2,1-3H3,(H,64,77)(H,65,79)(H,66,78)(H,68,80)/t31-,32+,40+,41?,42+,44+,46+,51-,56?,61+/m1/s1. The summed E-state index contributed by atoms with van der Waals surface area (Å²) < 4.78 is 28.5. The van der Waals surface area contributed by atoms with Crippen molar-refractivity contribution in [1.29, 1.82) is 0 Å². The highest BCUT2D eigenvalue weighted by molar-refractivity contribution is 6.31. The van der Waals surface area contributed by atoms with Crippen molar-refractivity contribution in [2.75, 3.05) is 30.9 Å². The van der Waals surface area contributed by atoms with E-state index in [0.29, 0.717) is 48.3 Å². The molecule has 1 aliphatic heterocycles. The molecule has 1 fully saturated rings. The number of Topliss-reactive ketones (excluding diaryl/α,β-unsaturated/α-hetero) is 1. The number of methoxy groups -OCH3 is 1. The van der Waals surface area contributed by atoms with Crippen LogP contribution in [0.15, 0.2) is 97.1 Å². The molecule has 86 heavy (non-hydrogen) atoms. The van der Waals surface area contributed by atoms with Crippen LogP contribution in [0.3, 0.4) is 0 Å². The smallest absolute Gasteiger partial charge is 0.411 e. The van der Waals surface area contributed by atoms with Crippen molar-refractivity contribution in [3.05, 3.63) is 147 Å². The molecule has 5 aromatic rings. The molecule has 3 aliphatic rings. The number of fused-ring (bicyclic) bond motifs is 3. The van der Waals surface area contributed by atoms with Gasteiger partial charge < -0.3 is 81.7 Å². The van der Waals surface area contributed by atoms with E-state index in [1.54, 1.807) is 49.4 Å². The maximum absolute atomic E-state index is 14.1. The van der Waals surface area contributed by atoms with Crippen molar-refractivity contribution in [3.8, 4) is 17.2 Å². The fourth-order valence-electron chi connectivity index (χ4n) is 10.6. The molecule has 8 rings (SSSR count). The molecule has 0 aromatic heterocycles. The summed E-state index contributed by atoms with van der Waals surface area (Å²) in [6.07, 6.45) is -8.17. The van der Waals surface area contributed by atoms with Crippen molar-refractivity contribution in [2.24, 2.45) is 11.5 Å². The lowest BCUT2D eigenvalue weighted by atomic mass is 9.72. The topological polar surface area (TPSA) is 399 Å². The van der Waals surface area contributed by atoms with Gasteiger partial charge in [0, 0.05) is 53.4 Å². The monoisotopic (exact) mass is 1190 g/mol. The van der Waals surface area contributed by atoms with Crippen LogP contribution in [0.2, 0.25) is 0 Å². The molecule has 4 amide bonds. The van der Waals surface area contributed by atoms with E-state index in [2.05, 4.69) is 26.6 Å². The Bertz CT molecular complexity index is 3310. The maximum Gasteiger partial charge on any atom is 0.411 e. The maximum atomic E-state index is 14.1. The lowest BCUT2D eigenvalue weighted by Gasteiger charge is -2.42. The van der Waals surface area contributed by atoms with Crippen LogP contribution in [0.5, 0.6) is 17.2 Å². The number of unbranched alkanes of at least 4 members (excludes halogenated alkanes) is 1. The quantitative estimate of drug-likeness (QED) is 0.0235. The number of ketones is 3. The highest BCUT2D eigenvalue weighted by Gasteiger charge is 2.50. The predicted octanol–water partition coefficient (Wildman–Crippen LogP) is 3.14. The zero-order chi connectivity index (χ0) is 62.0. The Kier molecular flexibility index (Phi) is 20.9. The molecule has 25 heteroatoms. The number of phenols is 2. The molecule has 2 unspecified atom stereocenters. The van der Waals surface area contributed by atoms with E-state index < -0.39 is 144 Å². The first kappa shape index (κ1) is 63.6. The minimum absolute atomic E-state index is 0.0268. The summed E-state index contributed by atoms with van der Waals surface area (Å²) in [6, 6.07) is 22.7. The SMILES string of the molecule is COc1cccc2c1C(=O)c1c(O)c3c(c(O)c1C2=O)C[C@@](O)(C(=O)CO)C[C@@H]3O[C@H]1CC(NC(=O)OCc2cccc(NC(=O)OCc3ccc(NC(=O)[C@H](CCCCN)NC(=O)[C@H](Cc4ccccc4)NC(O)[C@@H](C)N)cc3)c2)[C@H](O)[C@H](C)O1. The van der Waals surface area contributed by atoms with Gasteiger partial charge in [0.1, 0.15) is 61.0 Å². The number of aromatic hydroxyl groups is 2. The van der Waals surface area contributed by atoms with E-state index in [1.807, 2.05) is 30.3 Å². The average molecular weight is 1190 g/mol. The highest BCUT2D eigenvalue weighted by Crippen LogP contribution is 2.52. The lowest BCUT2D eigenvalue weighted by Crippen LogP contribution is -2.57. The third-order valence-corrected chi connectivity index (χ3v) is 15.2. The molecule has 0 saturated carbocycles. The van der Waals surface area contributed by atoms with Crippen LogP contribution < -0.4 is 42.8 Å². The second-order valence-corrected chi connectivity index (χ2v) is 21.5. The molecule has 0 spiro atoms. The molecule has 10 atom stereocenters. The third kappa shape index (κ3) is 14.8. The summed E-state index contributed by atoms with van der Waals surface area (Å²) >= 11 is 0. The number of aliphatic hydroxyl groups is 4. The van der Waals surface area contributed by atoms with Crippen LogP contribution in [0.1, 0.15) is 112 Å². The van der Waals surface area contributed by atoms with Crippen LogP contribution >= 0.6 is 0 Å². The number of nitrogens with one attached hydrogen (secondary N) is 5. The van der Waals surface area contributed by atoms with Gasteiger partial charge in [0.15, 0.2) is 17.9 Å². The lowest BCUT2D eigenvalue weighted by molar-refractivity contribution is -0.249. The molecule has 0 bridgehead atoms. The molecule has 1 heterocycles. The molecule has 5 aromatic carbocycles. The summed E-state index contributed by atoms with van der Waals surface area (Å²) in [6.45, 7) is 1.88. The Hall–Kier alpha value is -8.37. The molecule has 15 N–H and O–H groups in total. The molecular formula is C61H71N7O18. The van der Waals surface area contributed by atoms with Gasteiger partial charge in [-0.25, -0.2) is 9.59 Å². The summed E-state index contributed by atoms with van der Waals surface area (Å²) in [5.41, 5.74) is 9.77. The number of carbonyl (C=O) groups is 7. The fourth-order valence-corrected chi connectivity index (χ4v) is 10.6. The average Bonchev–Trinajstić information content (AvgIpc) is 0.726. The number of anilines is 2. The van der Waals surface area contributed by atoms with Gasteiger partial charge in [-0.3, -0.25) is 34.6 Å². The van der Waals surface area contributed by atoms with E-state index in [0.717, 1.165) is 5.56 Å². The van der Waals surface area contributed by atoms with E-state index in [-0.39, 0.29) is 54.1 Å². The van der Waals surface area contributed by atoms with Gasteiger partial charge in [-0.05, 0) is 93.1 Å². The highest BCUT2D eigenvalue weighted by atomic mass is 16.7. The molecule has 1 saturated heterocycles. The largest absolute Gasteiger partial charge is 0.507 e. The van der Waals surface area contributed by atoms with Crippen LogP contribution in [0.4, 0.5) is 21.0 Å². The Morgan fingerprint density at radius 2 is 1.48 bits per heavy atom. The minimum Gasteiger partial charge on any atom is -0.507 e. The number of amides is 4. The summed E-state index contributed by atoms with van der Waals surface area (Å²) in [5, 5.41) is 80.5. The van der Waals surface area contributed by atoms with Crippen LogP contribution in [-0.4, -0.2) is 147 Å². The summed E-state index contributed by atoms with van der Waals surface area (Å²) in [4.78, 5) is 94.6. The molecule has 25 nitrogen and oxygen atoms in total. The number of carbonyl (C=O) groups excluding carboxylic acids is 7. The van der Waals surface area contributed by atoms with Crippen molar-refractivity contribution in [3.63, 3.8) is 0 Å². The van der Waals surface area contributed by atoms with Gasteiger partial charge in [0.2, 0.25) is 17.6 Å².